The third-order valence-corrected chi connectivity index (χ3v) is 2.31. The molecule has 13 heavy (non-hydrogen) atoms. The van der Waals surface area contributed by atoms with E-state index in [1.54, 1.807) is 7.11 Å². The molecule has 76 valence electrons. The van der Waals surface area contributed by atoms with Crippen LogP contribution in [0.25, 0.3) is 0 Å². The summed E-state index contributed by atoms with van der Waals surface area (Å²) in [5.41, 5.74) is 0. The maximum absolute atomic E-state index is 11.5. The van der Waals surface area contributed by atoms with E-state index in [-0.39, 0.29) is 18.6 Å². The van der Waals surface area contributed by atoms with Crippen molar-refractivity contribution in [1.82, 2.24) is 10.2 Å². The second-order valence-electron chi connectivity index (χ2n) is 3.43. The fourth-order valence-corrected chi connectivity index (χ4v) is 1.59. The van der Waals surface area contributed by atoms with Gasteiger partial charge in [0.1, 0.15) is 6.61 Å². The molecule has 0 radical (unpaired) electrons. The minimum absolute atomic E-state index is 0.0960. The number of rotatable bonds is 2. The first kappa shape index (κ1) is 10.5. The zero-order valence-corrected chi connectivity index (χ0v) is 8.38. The average Bonchev–Trinajstić information content (AvgIpc) is 2.30. The van der Waals surface area contributed by atoms with Crippen molar-refractivity contribution in [3.8, 4) is 0 Å². The Bertz CT molecular complexity index is 173. The molecule has 4 heteroatoms. The van der Waals surface area contributed by atoms with Crippen LogP contribution in [0.5, 0.6) is 0 Å². The summed E-state index contributed by atoms with van der Waals surface area (Å²) in [4.78, 5) is 13.4. The lowest BCUT2D eigenvalue weighted by Crippen LogP contribution is -2.43. The lowest BCUT2D eigenvalue weighted by Gasteiger charge is -2.26. The lowest BCUT2D eigenvalue weighted by atomic mass is 10.3. The van der Waals surface area contributed by atoms with Crippen molar-refractivity contribution in [3.63, 3.8) is 0 Å². The highest BCUT2D eigenvalue weighted by molar-refractivity contribution is 5.77. The van der Waals surface area contributed by atoms with Gasteiger partial charge < -0.3 is 15.0 Å². The Morgan fingerprint density at radius 3 is 3.15 bits per heavy atom. The summed E-state index contributed by atoms with van der Waals surface area (Å²) >= 11 is 0. The van der Waals surface area contributed by atoms with Gasteiger partial charge in [0.25, 0.3) is 0 Å². The van der Waals surface area contributed by atoms with E-state index in [0.29, 0.717) is 0 Å². The van der Waals surface area contributed by atoms with Crippen LogP contribution < -0.4 is 5.32 Å². The molecule has 1 saturated heterocycles. The molecule has 0 spiro atoms. The van der Waals surface area contributed by atoms with Gasteiger partial charge in [-0.15, -0.1) is 0 Å². The number of nitrogens with zero attached hydrogens (tertiary/aromatic N) is 1. The van der Waals surface area contributed by atoms with E-state index in [9.17, 15) is 4.79 Å². The Balaban J connectivity index is 2.48. The molecule has 1 rings (SSSR count). The molecule has 4 nitrogen and oxygen atoms in total. The number of hydrogen-bond donors (Lipinski definition) is 1. The highest BCUT2D eigenvalue weighted by Gasteiger charge is 2.20. The van der Waals surface area contributed by atoms with E-state index < -0.39 is 0 Å². The average molecular weight is 186 g/mol. The lowest BCUT2D eigenvalue weighted by molar-refractivity contribution is -0.136. The van der Waals surface area contributed by atoms with Crippen LogP contribution in [-0.2, 0) is 9.53 Å². The summed E-state index contributed by atoms with van der Waals surface area (Å²) in [6.07, 6.45) is 1.03. The van der Waals surface area contributed by atoms with Crippen LogP contribution in [0.15, 0.2) is 0 Å². The van der Waals surface area contributed by atoms with Crippen molar-refractivity contribution in [2.75, 3.05) is 33.4 Å². The van der Waals surface area contributed by atoms with Gasteiger partial charge in [-0.05, 0) is 19.9 Å². The zero-order valence-electron chi connectivity index (χ0n) is 8.38. The maximum Gasteiger partial charge on any atom is 0.248 e. The van der Waals surface area contributed by atoms with Crippen LogP contribution in [0.3, 0.4) is 0 Å². The molecule has 0 aromatic rings. The molecule has 1 aliphatic rings. The number of methoxy groups -OCH3 is 1. The standard InChI is InChI=1S/C9H18N2O2/c1-8-6-10-4-3-5-11(8)9(12)7-13-2/h8,10H,3-7H2,1-2H3. The number of amides is 1. The Hall–Kier alpha value is -0.610. The Morgan fingerprint density at radius 2 is 2.46 bits per heavy atom. The van der Waals surface area contributed by atoms with Gasteiger partial charge in [0.05, 0.1) is 0 Å². The van der Waals surface area contributed by atoms with E-state index in [0.717, 1.165) is 26.1 Å². The topological polar surface area (TPSA) is 41.6 Å². The largest absolute Gasteiger partial charge is 0.375 e. The first-order valence-electron chi connectivity index (χ1n) is 4.75. The molecular weight excluding hydrogens is 168 g/mol. The van der Waals surface area contributed by atoms with Crippen molar-refractivity contribution >= 4 is 5.91 Å². The highest BCUT2D eigenvalue weighted by atomic mass is 16.5. The van der Waals surface area contributed by atoms with E-state index in [4.69, 9.17) is 4.74 Å². The molecule has 1 aliphatic heterocycles. The van der Waals surface area contributed by atoms with Gasteiger partial charge in [-0.2, -0.15) is 0 Å². The maximum atomic E-state index is 11.5. The highest BCUT2D eigenvalue weighted by Crippen LogP contribution is 2.04. The van der Waals surface area contributed by atoms with Crippen LogP contribution in [0.1, 0.15) is 13.3 Å². The SMILES string of the molecule is COCC(=O)N1CCCNCC1C. The normalized spacial score (nSPS) is 24.2. The number of carbonyl (C=O) groups excluding carboxylic acids is 1. The van der Waals surface area contributed by atoms with Crippen LogP contribution in [0.2, 0.25) is 0 Å². The van der Waals surface area contributed by atoms with Crippen molar-refractivity contribution in [3.05, 3.63) is 0 Å². The van der Waals surface area contributed by atoms with Gasteiger partial charge in [0.15, 0.2) is 0 Å². The minimum Gasteiger partial charge on any atom is -0.375 e. The molecule has 1 heterocycles. The predicted molar refractivity (Wildman–Crippen MR) is 50.5 cm³/mol. The zero-order chi connectivity index (χ0) is 9.68. The monoisotopic (exact) mass is 186 g/mol. The summed E-state index contributed by atoms with van der Waals surface area (Å²) in [5.74, 6) is 0.0960. The van der Waals surface area contributed by atoms with E-state index >= 15 is 0 Å². The van der Waals surface area contributed by atoms with Crippen molar-refractivity contribution < 1.29 is 9.53 Å². The van der Waals surface area contributed by atoms with E-state index in [2.05, 4.69) is 12.2 Å². The summed E-state index contributed by atoms with van der Waals surface area (Å²) in [6, 6.07) is 0.283. The number of carbonyl (C=O) groups is 1. The molecule has 0 saturated carbocycles. The van der Waals surface area contributed by atoms with Crippen LogP contribution in [-0.4, -0.2) is 50.2 Å². The third kappa shape index (κ3) is 2.97. The molecule has 1 fully saturated rings. The molecule has 1 unspecified atom stereocenters. The number of nitrogens with one attached hydrogen (secondary N) is 1. The van der Waals surface area contributed by atoms with Crippen LogP contribution in [0, 0.1) is 0 Å². The smallest absolute Gasteiger partial charge is 0.248 e. The van der Waals surface area contributed by atoms with Gasteiger partial charge >= 0.3 is 0 Å². The number of hydrogen-bond acceptors (Lipinski definition) is 3. The van der Waals surface area contributed by atoms with E-state index in [1.807, 2.05) is 4.90 Å². The predicted octanol–water partition coefficient (Wildman–Crippen LogP) is -0.157. The Morgan fingerprint density at radius 1 is 1.69 bits per heavy atom. The molecule has 0 aromatic carbocycles. The van der Waals surface area contributed by atoms with E-state index in [1.165, 1.54) is 0 Å². The molecule has 0 aliphatic carbocycles. The molecule has 1 N–H and O–H groups in total. The Labute approximate surface area is 79.2 Å². The minimum atomic E-state index is 0.0960. The quantitative estimate of drug-likeness (QED) is 0.651. The summed E-state index contributed by atoms with van der Waals surface area (Å²) in [7, 11) is 1.55. The van der Waals surface area contributed by atoms with Gasteiger partial charge in [-0.1, -0.05) is 0 Å². The second kappa shape index (κ2) is 5.19. The summed E-state index contributed by atoms with van der Waals surface area (Å²) in [6.45, 7) is 4.99. The third-order valence-electron chi connectivity index (χ3n) is 2.31. The van der Waals surface area contributed by atoms with Gasteiger partial charge in [-0.25, -0.2) is 0 Å². The number of ether oxygens (including phenoxy) is 1. The van der Waals surface area contributed by atoms with Crippen molar-refractivity contribution in [1.29, 1.82) is 0 Å². The van der Waals surface area contributed by atoms with Crippen LogP contribution >= 0.6 is 0 Å². The Kier molecular flexibility index (Phi) is 4.18. The van der Waals surface area contributed by atoms with Gasteiger partial charge in [0.2, 0.25) is 5.91 Å². The fourth-order valence-electron chi connectivity index (χ4n) is 1.59. The first-order valence-corrected chi connectivity index (χ1v) is 4.75. The summed E-state index contributed by atoms with van der Waals surface area (Å²) < 4.78 is 4.83. The van der Waals surface area contributed by atoms with Crippen molar-refractivity contribution in [2.24, 2.45) is 0 Å². The fraction of sp³-hybridized carbons (Fsp3) is 0.889. The summed E-state index contributed by atoms with van der Waals surface area (Å²) in [5, 5.41) is 3.29. The molecule has 1 atom stereocenters. The van der Waals surface area contributed by atoms with Crippen molar-refractivity contribution in [2.45, 2.75) is 19.4 Å². The second-order valence-corrected chi connectivity index (χ2v) is 3.43. The molecule has 0 bridgehead atoms. The molecule has 1 amide bonds. The molecule has 0 aromatic heterocycles. The first-order chi connectivity index (χ1) is 6.25. The van der Waals surface area contributed by atoms with Crippen LogP contribution in [0.4, 0.5) is 0 Å². The molecular formula is C9H18N2O2. The van der Waals surface area contributed by atoms with Gasteiger partial charge in [0, 0.05) is 26.2 Å². The van der Waals surface area contributed by atoms with Gasteiger partial charge in [-0.3, -0.25) is 4.79 Å².